The van der Waals surface area contributed by atoms with Crippen LogP contribution in [0.5, 0.6) is 5.75 Å². The summed E-state index contributed by atoms with van der Waals surface area (Å²) in [6.07, 6.45) is 0.922. The van der Waals surface area contributed by atoms with Crippen molar-refractivity contribution in [1.29, 1.82) is 0 Å². The first-order valence-electron chi connectivity index (χ1n) is 6.00. The maximum absolute atomic E-state index is 5.77. The monoisotopic (exact) mass is 233 g/mol. The molecule has 2 N–H and O–H groups in total. The molecule has 0 saturated heterocycles. The van der Waals surface area contributed by atoms with Gasteiger partial charge in [0, 0.05) is 5.70 Å². The minimum Gasteiger partial charge on any atom is -0.488 e. The molecule has 0 bridgehead atoms. The highest BCUT2D eigenvalue weighted by atomic mass is 16.5. The summed E-state index contributed by atoms with van der Waals surface area (Å²) in [6.45, 7) is 12.0. The van der Waals surface area contributed by atoms with Gasteiger partial charge >= 0.3 is 0 Å². The van der Waals surface area contributed by atoms with Gasteiger partial charge < -0.3 is 10.5 Å². The Balaban J connectivity index is 2.65. The molecule has 0 aromatic heterocycles. The number of hydrogen-bond donors (Lipinski definition) is 1. The van der Waals surface area contributed by atoms with Gasteiger partial charge in [-0.3, -0.25) is 0 Å². The third-order valence-corrected chi connectivity index (χ3v) is 2.52. The van der Waals surface area contributed by atoms with E-state index in [0.29, 0.717) is 5.92 Å². The van der Waals surface area contributed by atoms with Gasteiger partial charge in [-0.05, 0) is 50.8 Å². The number of allylic oxidation sites excluding steroid dienone is 1. The van der Waals surface area contributed by atoms with Crippen LogP contribution in [0.2, 0.25) is 0 Å². The first kappa shape index (κ1) is 13.6. The van der Waals surface area contributed by atoms with Crippen molar-refractivity contribution in [3.8, 4) is 5.75 Å². The Bertz CT molecular complexity index is 373. The molecule has 2 heteroatoms. The zero-order chi connectivity index (χ0) is 13.1. The molecule has 0 aliphatic rings. The Hall–Kier alpha value is -1.44. The second-order valence-corrected chi connectivity index (χ2v) is 5.54. The van der Waals surface area contributed by atoms with Gasteiger partial charge in [-0.15, -0.1) is 0 Å². The standard InChI is InChI=1S/C15H23NO/c1-11(12(2)16)10-13-6-8-14(9-7-13)17-15(3,4)5/h6-9,11H,2,10,16H2,1,3-5H3/t11-/m0/s1. The molecule has 1 aromatic carbocycles. The average molecular weight is 233 g/mol. The highest BCUT2D eigenvalue weighted by Gasteiger charge is 2.11. The van der Waals surface area contributed by atoms with Crippen molar-refractivity contribution in [2.45, 2.75) is 39.7 Å². The summed E-state index contributed by atoms with van der Waals surface area (Å²) >= 11 is 0. The van der Waals surface area contributed by atoms with E-state index in [1.807, 2.05) is 32.9 Å². The molecule has 0 amide bonds. The number of hydrogen-bond acceptors (Lipinski definition) is 2. The zero-order valence-corrected chi connectivity index (χ0v) is 11.3. The van der Waals surface area contributed by atoms with Gasteiger partial charge in [0.15, 0.2) is 0 Å². The van der Waals surface area contributed by atoms with Crippen molar-refractivity contribution in [2.75, 3.05) is 0 Å². The number of rotatable bonds is 4. The minimum absolute atomic E-state index is 0.152. The fourth-order valence-electron chi connectivity index (χ4n) is 1.53. The van der Waals surface area contributed by atoms with Crippen molar-refractivity contribution in [3.63, 3.8) is 0 Å². The lowest BCUT2D eigenvalue weighted by molar-refractivity contribution is 0.131. The van der Waals surface area contributed by atoms with Crippen molar-refractivity contribution in [2.24, 2.45) is 11.7 Å². The van der Waals surface area contributed by atoms with Crippen LogP contribution in [-0.4, -0.2) is 5.60 Å². The van der Waals surface area contributed by atoms with Crippen LogP contribution >= 0.6 is 0 Å². The molecule has 0 fully saturated rings. The van der Waals surface area contributed by atoms with E-state index in [2.05, 4.69) is 25.6 Å². The molecule has 0 unspecified atom stereocenters. The van der Waals surface area contributed by atoms with Crippen LogP contribution in [-0.2, 0) is 6.42 Å². The molecule has 2 nitrogen and oxygen atoms in total. The highest BCUT2D eigenvalue weighted by Crippen LogP contribution is 2.20. The Labute approximate surface area is 104 Å². The minimum atomic E-state index is -0.152. The van der Waals surface area contributed by atoms with E-state index in [1.54, 1.807) is 0 Å². The maximum Gasteiger partial charge on any atom is 0.120 e. The van der Waals surface area contributed by atoms with Gasteiger partial charge in [-0.2, -0.15) is 0 Å². The van der Waals surface area contributed by atoms with Crippen LogP contribution in [0.25, 0.3) is 0 Å². The van der Waals surface area contributed by atoms with Gasteiger partial charge in [0.25, 0.3) is 0 Å². The SMILES string of the molecule is C=C(N)[C@@H](C)Cc1ccc(OC(C)(C)C)cc1. The summed E-state index contributed by atoms with van der Waals surface area (Å²) < 4.78 is 5.77. The Morgan fingerprint density at radius 1 is 1.29 bits per heavy atom. The van der Waals surface area contributed by atoms with Gasteiger partial charge in [0.1, 0.15) is 11.4 Å². The van der Waals surface area contributed by atoms with Gasteiger partial charge in [-0.25, -0.2) is 0 Å². The first-order chi connectivity index (χ1) is 7.78. The molecule has 94 valence electrons. The second-order valence-electron chi connectivity index (χ2n) is 5.54. The van der Waals surface area contributed by atoms with E-state index < -0.39 is 0 Å². The number of benzene rings is 1. The fraction of sp³-hybridized carbons (Fsp3) is 0.467. The summed E-state index contributed by atoms with van der Waals surface area (Å²) in [4.78, 5) is 0. The normalized spacial score (nSPS) is 13.2. The zero-order valence-electron chi connectivity index (χ0n) is 11.3. The summed E-state index contributed by atoms with van der Waals surface area (Å²) in [7, 11) is 0. The van der Waals surface area contributed by atoms with Gasteiger partial charge in [0.05, 0.1) is 0 Å². The lowest BCUT2D eigenvalue weighted by Gasteiger charge is -2.21. The van der Waals surface area contributed by atoms with Crippen LogP contribution in [0.4, 0.5) is 0 Å². The molecule has 17 heavy (non-hydrogen) atoms. The summed E-state index contributed by atoms with van der Waals surface area (Å²) in [5.41, 5.74) is 7.52. The predicted molar refractivity (Wildman–Crippen MR) is 73.0 cm³/mol. The van der Waals surface area contributed by atoms with E-state index in [-0.39, 0.29) is 5.60 Å². The Morgan fingerprint density at radius 3 is 2.24 bits per heavy atom. The smallest absolute Gasteiger partial charge is 0.120 e. The molecule has 0 saturated carbocycles. The largest absolute Gasteiger partial charge is 0.488 e. The Morgan fingerprint density at radius 2 is 1.82 bits per heavy atom. The first-order valence-corrected chi connectivity index (χ1v) is 6.00. The molecule has 0 aliphatic heterocycles. The molecule has 1 rings (SSSR count). The molecule has 0 aliphatic carbocycles. The lowest BCUT2D eigenvalue weighted by atomic mass is 9.99. The van der Waals surface area contributed by atoms with Crippen molar-refractivity contribution >= 4 is 0 Å². The molecular weight excluding hydrogens is 210 g/mol. The summed E-state index contributed by atoms with van der Waals surface area (Å²) in [5.74, 6) is 1.21. The van der Waals surface area contributed by atoms with Crippen LogP contribution in [0.3, 0.4) is 0 Å². The average Bonchev–Trinajstić information content (AvgIpc) is 2.18. The Kier molecular flexibility index (Phi) is 4.22. The van der Waals surface area contributed by atoms with Gasteiger partial charge in [-0.1, -0.05) is 25.6 Å². The highest BCUT2D eigenvalue weighted by molar-refractivity contribution is 5.28. The number of ether oxygens (including phenoxy) is 1. The van der Waals surface area contributed by atoms with Crippen molar-refractivity contribution in [1.82, 2.24) is 0 Å². The van der Waals surface area contributed by atoms with E-state index in [9.17, 15) is 0 Å². The molecule has 1 aromatic rings. The van der Waals surface area contributed by atoms with E-state index in [4.69, 9.17) is 10.5 Å². The van der Waals surface area contributed by atoms with Gasteiger partial charge in [0.2, 0.25) is 0 Å². The van der Waals surface area contributed by atoms with Crippen LogP contribution in [0, 0.1) is 5.92 Å². The van der Waals surface area contributed by atoms with Crippen LogP contribution in [0.15, 0.2) is 36.5 Å². The second kappa shape index (κ2) is 5.26. The van der Waals surface area contributed by atoms with E-state index in [1.165, 1.54) is 5.56 Å². The maximum atomic E-state index is 5.77. The summed E-state index contributed by atoms with van der Waals surface area (Å²) in [5, 5.41) is 0. The fourth-order valence-corrected chi connectivity index (χ4v) is 1.53. The molecule has 0 radical (unpaired) electrons. The third kappa shape index (κ3) is 4.94. The molecular formula is C15H23NO. The molecule has 0 spiro atoms. The molecule has 0 heterocycles. The predicted octanol–water partition coefficient (Wildman–Crippen LogP) is 3.51. The van der Waals surface area contributed by atoms with E-state index >= 15 is 0 Å². The topological polar surface area (TPSA) is 35.2 Å². The summed E-state index contributed by atoms with van der Waals surface area (Å²) in [6, 6.07) is 8.18. The van der Waals surface area contributed by atoms with Crippen LogP contribution < -0.4 is 10.5 Å². The van der Waals surface area contributed by atoms with Crippen molar-refractivity contribution < 1.29 is 4.74 Å². The third-order valence-electron chi connectivity index (χ3n) is 2.52. The molecule has 1 atom stereocenters. The quantitative estimate of drug-likeness (QED) is 0.863. The van der Waals surface area contributed by atoms with E-state index in [0.717, 1.165) is 17.9 Å². The van der Waals surface area contributed by atoms with Crippen molar-refractivity contribution in [3.05, 3.63) is 42.1 Å². The number of nitrogens with two attached hydrogens (primary N) is 1. The van der Waals surface area contributed by atoms with Crippen LogP contribution in [0.1, 0.15) is 33.3 Å². The lowest BCUT2D eigenvalue weighted by Crippen LogP contribution is -2.22.